The van der Waals surface area contributed by atoms with Gasteiger partial charge in [-0.25, -0.2) is 0 Å². The summed E-state index contributed by atoms with van der Waals surface area (Å²) in [4.78, 5) is 22.7. The molecule has 0 aromatic heterocycles. The summed E-state index contributed by atoms with van der Waals surface area (Å²) >= 11 is 0. The Kier molecular flexibility index (Phi) is 7.91. The molecule has 3 N–H and O–H groups in total. The molecule has 32 heavy (non-hydrogen) atoms. The largest absolute Gasteiger partial charge is 0.491 e. The Labute approximate surface area is 186 Å². The molecule has 0 spiro atoms. The maximum absolute atomic E-state index is 12.3. The second-order valence-electron chi connectivity index (χ2n) is 7.29. The monoisotopic (exact) mass is 435 g/mol. The number of ether oxygens (including phenoxy) is 1. The maximum atomic E-state index is 12.3. The van der Waals surface area contributed by atoms with Crippen LogP contribution in [0.1, 0.15) is 28.9 Å². The number of aliphatic hydroxyl groups is 1. The van der Waals surface area contributed by atoms with Crippen molar-refractivity contribution in [2.75, 3.05) is 18.5 Å². The minimum Gasteiger partial charge on any atom is -0.491 e. The number of hydrogen-bond donors (Lipinski definition) is 3. The minimum atomic E-state index is -0.808. The number of nitro groups is 1. The third kappa shape index (κ3) is 6.63. The average molecular weight is 435 g/mol. The summed E-state index contributed by atoms with van der Waals surface area (Å²) in [7, 11) is 0. The standard InChI is InChI=1S/C24H25N3O5/c1-17(25-15-22(28)16-32-23-12-6-11-21(14-23)27(30)31)19-9-5-10-20(13-19)26-24(29)18-7-3-2-4-8-18/h2-14,17,22,25,28H,15-16H2,1H3,(H,26,29). The van der Waals surface area contributed by atoms with E-state index in [2.05, 4.69) is 10.6 Å². The Bertz CT molecular complexity index is 1060. The normalized spacial score (nSPS) is 12.6. The number of amides is 1. The molecule has 0 bridgehead atoms. The summed E-state index contributed by atoms with van der Waals surface area (Å²) in [5.41, 5.74) is 2.14. The van der Waals surface area contributed by atoms with E-state index in [1.54, 1.807) is 18.2 Å². The molecule has 0 aliphatic heterocycles. The number of rotatable bonds is 10. The summed E-state index contributed by atoms with van der Waals surface area (Å²) < 4.78 is 5.46. The van der Waals surface area contributed by atoms with Crippen LogP contribution in [-0.4, -0.2) is 35.2 Å². The Morgan fingerprint density at radius 1 is 1.06 bits per heavy atom. The molecule has 166 valence electrons. The van der Waals surface area contributed by atoms with E-state index < -0.39 is 11.0 Å². The summed E-state index contributed by atoms with van der Waals surface area (Å²) in [5.74, 6) is 0.144. The maximum Gasteiger partial charge on any atom is 0.273 e. The summed E-state index contributed by atoms with van der Waals surface area (Å²) in [5, 5.41) is 27.1. The van der Waals surface area contributed by atoms with Crippen LogP contribution in [-0.2, 0) is 0 Å². The van der Waals surface area contributed by atoms with Crippen LogP contribution in [0.15, 0.2) is 78.9 Å². The fourth-order valence-electron chi connectivity index (χ4n) is 3.05. The van der Waals surface area contributed by atoms with Crippen molar-refractivity contribution in [2.24, 2.45) is 0 Å². The van der Waals surface area contributed by atoms with E-state index in [1.807, 2.05) is 49.4 Å². The number of nitrogens with zero attached hydrogens (tertiary/aromatic N) is 1. The molecule has 0 heterocycles. The zero-order valence-corrected chi connectivity index (χ0v) is 17.6. The second-order valence-corrected chi connectivity index (χ2v) is 7.29. The van der Waals surface area contributed by atoms with Crippen LogP contribution in [0.2, 0.25) is 0 Å². The molecule has 0 saturated carbocycles. The van der Waals surface area contributed by atoms with Gasteiger partial charge in [-0.15, -0.1) is 0 Å². The Morgan fingerprint density at radius 3 is 2.56 bits per heavy atom. The van der Waals surface area contributed by atoms with Gasteiger partial charge in [-0.2, -0.15) is 0 Å². The van der Waals surface area contributed by atoms with Crippen molar-refractivity contribution in [2.45, 2.75) is 19.1 Å². The lowest BCUT2D eigenvalue weighted by Gasteiger charge is -2.18. The van der Waals surface area contributed by atoms with Gasteiger partial charge in [-0.05, 0) is 42.8 Å². The summed E-state index contributed by atoms with van der Waals surface area (Å²) in [6.07, 6.45) is -0.808. The van der Waals surface area contributed by atoms with Crippen LogP contribution in [0.3, 0.4) is 0 Å². The van der Waals surface area contributed by atoms with Gasteiger partial charge in [0.2, 0.25) is 0 Å². The first-order valence-electron chi connectivity index (χ1n) is 10.2. The molecule has 8 nitrogen and oxygen atoms in total. The van der Waals surface area contributed by atoms with E-state index in [0.29, 0.717) is 17.0 Å². The molecule has 0 aliphatic carbocycles. The van der Waals surface area contributed by atoms with Gasteiger partial charge < -0.3 is 20.5 Å². The van der Waals surface area contributed by atoms with Crippen molar-refractivity contribution in [3.63, 3.8) is 0 Å². The second kappa shape index (κ2) is 11.0. The van der Waals surface area contributed by atoms with Gasteiger partial charge in [0.1, 0.15) is 18.5 Å². The molecule has 0 fully saturated rings. The molecule has 3 aromatic carbocycles. The number of carbonyl (C=O) groups is 1. The zero-order chi connectivity index (χ0) is 22.9. The first-order valence-corrected chi connectivity index (χ1v) is 10.2. The summed E-state index contributed by atoms with van der Waals surface area (Å²) in [6, 6.07) is 22.2. The number of nitrogens with one attached hydrogen (secondary N) is 2. The van der Waals surface area contributed by atoms with E-state index >= 15 is 0 Å². The number of anilines is 1. The molecule has 2 unspecified atom stereocenters. The molecule has 1 amide bonds. The Balaban J connectivity index is 1.49. The number of benzene rings is 3. The average Bonchev–Trinajstić information content (AvgIpc) is 2.82. The fraction of sp³-hybridized carbons (Fsp3) is 0.208. The number of carbonyl (C=O) groups excluding carboxylic acids is 1. The van der Waals surface area contributed by atoms with Crippen LogP contribution in [0, 0.1) is 10.1 Å². The minimum absolute atomic E-state index is 0.00589. The molecular formula is C24H25N3O5. The first-order chi connectivity index (χ1) is 15.4. The van der Waals surface area contributed by atoms with Crippen LogP contribution >= 0.6 is 0 Å². The molecule has 2 atom stereocenters. The molecule has 3 rings (SSSR count). The van der Waals surface area contributed by atoms with Crippen LogP contribution in [0.25, 0.3) is 0 Å². The molecule has 0 aliphatic rings. The van der Waals surface area contributed by atoms with E-state index in [4.69, 9.17) is 4.74 Å². The van der Waals surface area contributed by atoms with Gasteiger partial charge in [-0.1, -0.05) is 36.4 Å². The zero-order valence-electron chi connectivity index (χ0n) is 17.6. The highest BCUT2D eigenvalue weighted by Gasteiger charge is 2.12. The van der Waals surface area contributed by atoms with E-state index in [0.717, 1.165) is 5.56 Å². The van der Waals surface area contributed by atoms with E-state index in [1.165, 1.54) is 18.2 Å². The lowest BCUT2D eigenvalue weighted by Crippen LogP contribution is -2.33. The van der Waals surface area contributed by atoms with Crippen molar-refractivity contribution < 1.29 is 19.6 Å². The first kappa shape index (κ1) is 22.9. The topological polar surface area (TPSA) is 114 Å². The highest BCUT2D eigenvalue weighted by Crippen LogP contribution is 2.20. The predicted octanol–water partition coefficient (Wildman–Crippen LogP) is 3.94. The highest BCUT2D eigenvalue weighted by atomic mass is 16.6. The number of aliphatic hydroxyl groups excluding tert-OH is 1. The van der Waals surface area contributed by atoms with Crippen LogP contribution in [0.4, 0.5) is 11.4 Å². The third-order valence-electron chi connectivity index (χ3n) is 4.81. The van der Waals surface area contributed by atoms with Gasteiger partial charge in [0, 0.05) is 29.9 Å². The summed E-state index contributed by atoms with van der Waals surface area (Å²) in [6.45, 7) is 2.21. The van der Waals surface area contributed by atoms with Gasteiger partial charge >= 0.3 is 0 Å². The molecule has 0 saturated heterocycles. The van der Waals surface area contributed by atoms with Gasteiger partial charge in [-0.3, -0.25) is 14.9 Å². The number of non-ortho nitro benzene ring substituents is 1. The van der Waals surface area contributed by atoms with Crippen LogP contribution in [0.5, 0.6) is 5.75 Å². The Morgan fingerprint density at radius 2 is 1.81 bits per heavy atom. The van der Waals surface area contributed by atoms with Crippen molar-refractivity contribution >= 4 is 17.3 Å². The number of hydrogen-bond acceptors (Lipinski definition) is 6. The number of nitro benzene ring substituents is 1. The fourth-order valence-corrected chi connectivity index (χ4v) is 3.05. The van der Waals surface area contributed by atoms with Crippen molar-refractivity contribution in [3.05, 3.63) is 100 Å². The highest BCUT2D eigenvalue weighted by molar-refractivity contribution is 6.04. The lowest BCUT2D eigenvalue weighted by atomic mass is 10.1. The van der Waals surface area contributed by atoms with Crippen LogP contribution < -0.4 is 15.4 Å². The molecule has 8 heteroatoms. The third-order valence-corrected chi connectivity index (χ3v) is 4.81. The molecule has 3 aromatic rings. The van der Waals surface area contributed by atoms with Crippen molar-refractivity contribution in [3.8, 4) is 5.75 Å². The van der Waals surface area contributed by atoms with Crippen molar-refractivity contribution in [1.29, 1.82) is 0 Å². The Hall–Kier alpha value is -3.75. The van der Waals surface area contributed by atoms with E-state index in [9.17, 15) is 20.0 Å². The smallest absolute Gasteiger partial charge is 0.273 e. The van der Waals surface area contributed by atoms with E-state index in [-0.39, 0.29) is 30.8 Å². The lowest BCUT2D eigenvalue weighted by molar-refractivity contribution is -0.384. The van der Waals surface area contributed by atoms with Gasteiger partial charge in [0.05, 0.1) is 11.0 Å². The predicted molar refractivity (Wildman–Crippen MR) is 122 cm³/mol. The molecule has 0 radical (unpaired) electrons. The SMILES string of the molecule is CC(NCC(O)COc1cccc([N+](=O)[O-])c1)c1cccc(NC(=O)c2ccccc2)c1. The van der Waals surface area contributed by atoms with Gasteiger partial charge in [0.25, 0.3) is 11.6 Å². The van der Waals surface area contributed by atoms with Crippen molar-refractivity contribution in [1.82, 2.24) is 5.32 Å². The quantitative estimate of drug-likeness (QED) is 0.328. The molecular weight excluding hydrogens is 410 g/mol. The van der Waals surface area contributed by atoms with Gasteiger partial charge in [0.15, 0.2) is 0 Å².